The van der Waals surface area contributed by atoms with Crippen molar-refractivity contribution in [2.24, 2.45) is 0 Å². The summed E-state index contributed by atoms with van der Waals surface area (Å²) in [6.07, 6.45) is -3.84. The van der Waals surface area contributed by atoms with E-state index in [-0.39, 0.29) is 23.7 Å². The van der Waals surface area contributed by atoms with E-state index >= 15 is 0 Å². The van der Waals surface area contributed by atoms with Gasteiger partial charge in [-0.1, -0.05) is 12.1 Å². The molecule has 0 radical (unpaired) electrons. The van der Waals surface area contributed by atoms with Gasteiger partial charge in [0, 0.05) is 31.6 Å². The number of nitrogens with one attached hydrogen (secondary N) is 1. The molecular formula is C16H21F3N2O2. The van der Waals surface area contributed by atoms with Gasteiger partial charge < -0.3 is 15.0 Å². The third kappa shape index (κ3) is 5.74. The Labute approximate surface area is 133 Å². The van der Waals surface area contributed by atoms with Crippen molar-refractivity contribution in [2.45, 2.75) is 45.1 Å². The van der Waals surface area contributed by atoms with Crippen LogP contribution in [-0.2, 0) is 11.2 Å². The Morgan fingerprint density at radius 1 is 1.22 bits per heavy atom. The zero-order chi connectivity index (χ0) is 17.0. The van der Waals surface area contributed by atoms with Gasteiger partial charge in [0.1, 0.15) is 5.75 Å². The van der Waals surface area contributed by atoms with Gasteiger partial charge in [0.05, 0.1) is 0 Å². The Balaban J connectivity index is 1.84. The number of ether oxygens (including phenoxy) is 1. The third-order valence-electron chi connectivity index (χ3n) is 3.69. The summed E-state index contributed by atoms with van der Waals surface area (Å²) >= 11 is 0. The Morgan fingerprint density at radius 3 is 2.30 bits per heavy atom. The number of carbonyl (C=O) groups is 1. The number of rotatable bonds is 4. The number of alkyl halides is 3. The van der Waals surface area contributed by atoms with Gasteiger partial charge in [-0.3, -0.25) is 4.79 Å². The highest BCUT2D eigenvalue weighted by atomic mass is 19.4. The first kappa shape index (κ1) is 17.6. The molecule has 1 amide bonds. The number of piperazine rings is 1. The zero-order valence-electron chi connectivity index (χ0n) is 13.2. The molecule has 1 aromatic carbocycles. The van der Waals surface area contributed by atoms with Gasteiger partial charge in [0.2, 0.25) is 5.91 Å². The van der Waals surface area contributed by atoms with E-state index < -0.39 is 6.36 Å². The van der Waals surface area contributed by atoms with Crippen LogP contribution in [0.3, 0.4) is 0 Å². The minimum Gasteiger partial charge on any atom is -0.406 e. The minimum atomic E-state index is -4.69. The topological polar surface area (TPSA) is 41.6 Å². The van der Waals surface area contributed by atoms with E-state index in [0.717, 1.165) is 5.56 Å². The second kappa shape index (κ2) is 7.21. The van der Waals surface area contributed by atoms with E-state index in [2.05, 4.69) is 10.1 Å². The van der Waals surface area contributed by atoms with Gasteiger partial charge in [-0.25, -0.2) is 0 Å². The second-order valence-electron chi connectivity index (χ2n) is 5.96. The number of hydrogen-bond donors (Lipinski definition) is 1. The Morgan fingerprint density at radius 2 is 1.78 bits per heavy atom. The molecule has 1 fully saturated rings. The average molecular weight is 330 g/mol. The van der Waals surface area contributed by atoms with Gasteiger partial charge in [-0.15, -0.1) is 13.2 Å². The predicted molar refractivity (Wildman–Crippen MR) is 80.1 cm³/mol. The Bertz CT molecular complexity index is 521. The average Bonchev–Trinajstić information content (AvgIpc) is 2.43. The summed E-state index contributed by atoms with van der Waals surface area (Å²) in [5.41, 5.74) is 0.809. The lowest BCUT2D eigenvalue weighted by atomic mass is 10.1. The maximum absolute atomic E-state index is 12.2. The van der Waals surface area contributed by atoms with Gasteiger partial charge >= 0.3 is 6.36 Å². The van der Waals surface area contributed by atoms with Crippen LogP contribution in [-0.4, -0.2) is 42.3 Å². The molecule has 0 spiro atoms. The van der Waals surface area contributed by atoms with Crippen molar-refractivity contribution in [3.05, 3.63) is 29.8 Å². The molecule has 128 valence electrons. The van der Waals surface area contributed by atoms with Crippen LogP contribution in [0.2, 0.25) is 0 Å². The summed E-state index contributed by atoms with van der Waals surface area (Å²) in [4.78, 5) is 14.1. The molecule has 0 saturated carbocycles. The van der Waals surface area contributed by atoms with E-state index in [0.29, 0.717) is 25.9 Å². The molecule has 2 atom stereocenters. The van der Waals surface area contributed by atoms with Gasteiger partial charge in [-0.05, 0) is 38.0 Å². The Kier molecular flexibility index (Phi) is 5.51. The first-order valence-corrected chi connectivity index (χ1v) is 7.61. The summed E-state index contributed by atoms with van der Waals surface area (Å²) in [7, 11) is 0. The minimum absolute atomic E-state index is 0.0702. The maximum atomic E-state index is 12.2. The molecule has 23 heavy (non-hydrogen) atoms. The lowest BCUT2D eigenvalue weighted by molar-refractivity contribution is -0.274. The molecule has 1 saturated heterocycles. The highest BCUT2D eigenvalue weighted by Crippen LogP contribution is 2.23. The number of benzene rings is 1. The molecule has 0 aromatic heterocycles. The molecule has 0 bridgehead atoms. The van der Waals surface area contributed by atoms with Gasteiger partial charge in [0.15, 0.2) is 0 Å². The largest absolute Gasteiger partial charge is 0.573 e. The third-order valence-corrected chi connectivity index (χ3v) is 3.69. The summed E-state index contributed by atoms with van der Waals surface area (Å²) in [6.45, 7) is 5.44. The van der Waals surface area contributed by atoms with Crippen LogP contribution in [0.5, 0.6) is 5.75 Å². The summed E-state index contributed by atoms with van der Waals surface area (Å²) in [6, 6.07) is 6.17. The van der Waals surface area contributed by atoms with Crippen LogP contribution >= 0.6 is 0 Å². The SMILES string of the molecule is CC1CN(C(=O)CCc2ccc(OC(F)(F)F)cc2)CC(C)N1. The van der Waals surface area contributed by atoms with Crippen LogP contribution < -0.4 is 10.1 Å². The first-order valence-electron chi connectivity index (χ1n) is 7.61. The van der Waals surface area contributed by atoms with Crippen molar-refractivity contribution in [3.63, 3.8) is 0 Å². The molecule has 1 aliphatic heterocycles. The summed E-state index contributed by atoms with van der Waals surface area (Å²) < 4.78 is 40.1. The molecule has 1 N–H and O–H groups in total. The first-order chi connectivity index (χ1) is 10.7. The molecule has 7 heteroatoms. The van der Waals surface area contributed by atoms with Crippen LogP contribution in [0, 0.1) is 0 Å². The predicted octanol–water partition coefficient (Wildman–Crippen LogP) is 2.73. The molecule has 1 aromatic rings. The van der Waals surface area contributed by atoms with Crippen molar-refractivity contribution >= 4 is 5.91 Å². The fourth-order valence-electron chi connectivity index (χ4n) is 2.80. The Hall–Kier alpha value is -1.76. The van der Waals surface area contributed by atoms with E-state index in [1.807, 2.05) is 18.7 Å². The number of halogens is 3. The molecule has 0 aliphatic carbocycles. The molecule has 1 aliphatic rings. The lowest BCUT2D eigenvalue weighted by Gasteiger charge is -2.36. The highest BCUT2D eigenvalue weighted by molar-refractivity contribution is 5.76. The number of hydrogen-bond acceptors (Lipinski definition) is 3. The second-order valence-corrected chi connectivity index (χ2v) is 5.96. The van der Waals surface area contributed by atoms with Crippen molar-refractivity contribution < 1.29 is 22.7 Å². The summed E-state index contributed by atoms with van der Waals surface area (Å²) in [5, 5.41) is 3.36. The quantitative estimate of drug-likeness (QED) is 0.923. The zero-order valence-corrected chi connectivity index (χ0v) is 13.2. The molecular weight excluding hydrogens is 309 g/mol. The van der Waals surface area contributed by atoms with Crippen molar-refractivity contribution in [1.29, 1.82) is 0 Å². The van der Waals surface area contributed by atoms with Gasteiger partial charge in [0.25, 0.3) is 0 Å². The van der Waals surface area contributed by atoms with E-state index in [1.165, 1.54) is 12.1 Å². The summed E-state index contributed by atoms with van der Waals surface area (Å²) in [5.74, 6) is -0.182. The van der Waals surface area contributed by atoms with E-state index in [9.17, 15) is 18.0 Å². The van der Waals surface area contributed by atoms with Crippen LogP contribution in [0.15, 0.2) is 24.3 Å². The number of carbonyl (C=O) groups excluding carboxylic acids is 1. The monoisotopic (exact) mass is 330 g/mol. The van der Waals surface area contributed by atoms with Crippen LogP contribution in [0.1, 0.15) is 25.8 Å². The molecule has 2 rings (SSSR count). The smallest absolute Gasteiger partial charge is 0.406 e. The molecule has 4 nitrogen and oxygen atoms in total. The number of aryl methyl sites for hydroxylation is 1. The normalized spacial score (nSPS) is 22.0. The standard InChI is InChI=1S/C16H21F3N2O2/c1-11-9-21(10-12(2)20-11)15(22)8-5-13-3-6-14(7-4-13)23-16(17,18)19/h3-4,6-7,11-12,20H,5,8-10H2,1-2H3. The molecule has 1 heterocycles. The van der Waals surface area contributed by atoms with Crippen LogP contribution in [0.25, 0.3) is 0 Å². The maximum Gasteiger partial charge on any atom is 0.573 e. The van der Waals surface area contributed by atoms with Gasteiger partial charge in [-0.2, -0.15) is 0 Å². The van der Waals surface area contributed by atoms with Crippen molar-refractivity contribution in [2.75, 3.05) is 13.1 Å². The lowest BCUT2D eigenvalue weighted by Crippen LogP contribution is -2.55. The highest BCUT2D eigenvalue weighted by Gasteiger charge is 2.31. The van der Waals surface area contributed by atoms with Crippen LogP contribution in [0.4, 0.5) is 13.2 Å². The van der Waals surface area contributed by atoms with E-state index in [1.54, 1.807) is 12.1 Å². The van der Waals surface area contributed by atoms with E-state index in [4.69, 9.17) is 0 Å². The fourth-order valence-corrected chi connectivity index (χ4v) is 2.80. The number of nitrogens with zero attached hydrogens (tertiary/aromatic N) is 1. The van der Waals surface area contributed by atoms with Crippen molar-refractivity contribution in [1.82, 2.24) is 10.2 Å². The number of amides is 1. The molecule has 2 unspecified atom stereocenters. The van der Waals surface area contributed by atoms with Crippen molar-refractivity contribution in [3.8, 4) is 5.75 Å². The fraction of sp³-hybridized carbons (Fsp3) is 0.562.